The summed E-state index contributed by atoms with van der Waals surface area (Å²) in [5.41, 5.74) is 2.67. The van der Waals surface area contributed by atoms with Crippen LogP contribution in [0.25, 0.3) is 0 Å². The van der Waals surface area contributed by atoms with Crippen molar-refractivity contribution in [3.05, 3.63) is 36.2 Å². The van der Waals surface area contributed by atoms with E-state index in [-0.39, 0.29) is 5.91 Å². The quantitative estimate of drug-likeness (QED) is 0.875. The fraction of sp³-hybridized carbons (Fsp3) is 0.286. The second kappa shape index (κ2) is 6.10. The Morgan fingerprint density at radius 1 is 1.45 bits per heavy atom. The standard InChI is InChI=1S/C14H18N4O2/c1-10(19)17-13-5-4-12(6-14(13)20-3)15-7-11-8-16-18(2)9-11/h4-6,8-9,15H,7H2,1-3H3,(H,17,19). The van der Waals surface area contributed by atoms with E-state index in [0.717, 1.165) is 11.3 Å². The lowest BCUT2D eigenvalue weighted by Crippen LogP contribution is -2.07. The topological polar surface area (TPSA) is 68.2 Å². The van der Waals surface area contributed by atoms with Crippen molar-refractivity contribution in [3.63, 3.8) is 0 Å². The Bertz CT molecular complexity index is 607. The van der Waals surface area contributed by atoms with Crippen molar-refractivity contribution in [2.75, 3.05) is 17.7 Å². The lowest BCUT2D eigenvalue weighted by Gasteiger charge is -2.12. The fourth-order valence-corrected chi connectivity index (χ4v) is 1.86. The van der Waals surface area contributed by atoms with Gasteiger partial charge in [0.25, 0.3) is 0 Å². The molecule has 20 heavy (non-hydrogen) atoms. The number of carbonyl (C=O) groups is 1. The fourth-order valence-electron chi connectivity index (χ4n) is 1.86. The summed E-state index contributed by atoms with van der Waals surface area (Å²) in [5, 5.41) is 10.1. The minimum atomic E-state index is -0.126. The van der Waals surface area contributed by atoms with Crippen LogP contribution in [0.5, 0.6) is 5.75 Å². The van der Waals surface area contributed by atoms with E-state index in [2.05, 4.69) is 15.7 Å². The smallest absolute Gasteiger partial charge is 0.221 e. The van der Waals surface area contributed by atoms with Gasteiger partial charge < -0.3 is 15.4 Å². The number of benzene rings is 1. The van der Waals surface area contributed by atoms with Gasteiger partial charge in [-0.2, -0.15) is 5.10 Å². The maximum absolute atomic E-state index is 11.1. The molecule has 6 nitrogen and oxygen atoms in total. The maximum atomic E-state index is 11.1. The molecule has 0 saturated carbocycles. The number of aromatic nitrogens is 2. The molecule has 2 rings (SSSR count). The van der Waals surface area contributed by atoms with Gasteiger partial charge in [0.15, 0.2) is 0 Å². The summed E-state index contributed by atoms with van der Waals surface area (Å²) < 4.78 is 7.03. The van der Waals surface area contributed by atoms with Crippen LogP contribution in [0.3, 0.4) is 0 Å². The maximum Gasteiger partial charge on any atom is 0.221 e. The molecule has 0 saturated heterocycles. The van der Waals surface area contributed by atoms with E-state index in [0.29, 0.717) is 18.0 Å². The molecule has 0 radical (unpaired) electrons. The van der Waals surface area contributed by atoms with E-state index in [9.17, 15) is 4.79 Å². The third kappa shape index (κ3) is 3.50. The highest BCUT2D eigenvalue weighted by Crippen LogP contribution is 2.28. The molecule has 1 amide bonds. The first-order valence-electron chi connectivity index (χ1n) is 6.25. The van der Waals surface area contributed by atoms with Crippen LogP contribution in [0.4, 0.5) is 11.4 Å². The number of nitrogens with zero attached hydrogens (tertiary/aromatic N) is 2. The van der Waals surface area contributed by atoms with Crippen LogP contribution in [-0.4, -0.2) is 22.8 Å². The molecule has 0 spiro atoms. The summed E-state index contributed by atoms with van der Waals surface area (Å²) in [6.45, 7) is 2.14. The third-order valence-corrected chi connectivity index (χ3v) is 2.77. The summed E-state index contributed by atoms with van der Waals surface area (Å²) in [6.07, 6.45) is 3.77. The van der Waals surface area contributed by atoms with Gasteiger partial charge in [-0.15, -0.1) is 0 Å². The van der Waals surface area contributed by atoms with Crippen LogP contribution in [0.1, 0.15) is 12.5 Å². The molecule has 2 aromatic rings. The minimum Gasteiger partial charge on any atom is -0.494 e. The van der Waals surface area contributed by atoms with Crippen molar-refractivity contribution < 1.29 is 9.53 Å². The zero-order chi connectivity index (χ0) is 14.5. The molecule has 0 atom stereocenters. The van der Waals surface area contributed by atoms with Crippen molar-refractivity contribution in [1.82, 2.24) is 9.78 Å². The number of hydrogen-bond acceptors (Lipinski definition) is 4. The van der Waals surface area contributed by atoms with E-state index >= 15 is 0 Å². The molecule has 6 heteroatoms. The summed E-state index contributed by atoms with van der Waals surface area (Å²) in [7, 11) is 3.46. The van der Waals surface area contributed by atoms with Crippen molar-refractivity contribution in [2.45, 2.75) is 13.5 Å². The second-order valence-electron chi connectivity index (χ2n) is 4.47. The monoisotopic (exact) mass is 274 g/mol. The first-order chi connectivity index (χ1) is 9.58. The molecule has 1 aromatic heterocycles. The van der Waals surface area contributed by atoms with E-state index in [1.807, 2.05) is 37.6 Å². The van der Waals surface area contributed by atoms with Crippen LogP contribution in [-0.2, 0) is 18.4 Å². The zero-order valence-corrected chi connectivity index (χ0v) is 11.8. The Morgan fingerprint density at radius 3 is 2.85 bits per heavy atom. The average Bonchev–Trinajstić information content (AvgIpc) is 2.83. The van der Waals surface area contributed by atoms with Crippen molar-refractivity contribution >= 4 is 17.3 Å². The molecule has 0 aliphatic carbocycles. The predicted octanol–water partition coefficient (Wildman–Crippen LogP) is 2.00. The van der Waals surface area contributed by atoms with Crippen LogP contribution in [0.15, 0.2) is 30.6 Å². The van der Waals surface area contributed by atoms with Gasteiger partial charge in [0, 0.05) is 44.0 Å². The van der Waals surface area contributed by atoms with Crippen molar-refractivity contribution in [3.8, 4) is 5.75 Å². The third-order valence-electron chi connectivity index (χ3n) is 2.77. The van der Waals surface area contributed by atoms with Gasteiger partial charge in [-0.1, -0.05) is 0 Å². The summed E-state index contributed by atoms with van der Waals surface area (Å²) in [4.78, 5) is 11.1. The SMILES string of the molecule is COc1cc(NCc2cnn(C)c2)ccc1NC(C)=O. The molecule has 106 valence electrons. The predicted molar refractivity (Wildman–Crippen MR) is 77.8 cm³/mol. The normalized spacial score (nSPS) is 10.2. The van der Waals surface area contributed by atoms with Gasteiger partial charge >= 0.3 is 0 Å². The lowest BCUT2D eigenvalue weighted by molar-refractivity contribution is -0.114. The van der Waals surface area contributed by atoms with Crippen LogP contribution < -0.4 is 15.4 Å². The summed E-state index contributed by atoms with van der Waals surface area (Å²) in [5.74, 6) is 0.496. The zero-order valence-electron chi connectivity index (χ0n) is 11.8. The average molecular weight is 274 g/mol. The second-order valence-corrected chi connectivity index (χ2v) is 4.47. The van der Waals surface area contributed by atoms with E-state index in [1.165, 1.54) is 6.92 Å². The Kier molecular flexibility index (Phi) is 4.24. The van der Waals surface area contributed by atoms with Gasteiger partial charge in [-0.3, -0.25) is 9.48 Å². The van der Waals surface area contributed by atoms with Gasteiger partial charge in [-0.05, 0) is 12.1 Å². The molecule has 0 aliphatic rings. The molecule has 0 aliphatic heterocycles. The van der Waals surface area contributed by atoms with Crippen molar-refractivity contribution in [1.29, 1.82) is 0 Å². The van der Waals surface area contributed by atoms with E-state index in [1.54, 1.807) is 11.8 Å². The molecule has 0 fully saturated rings. The Balaban J connectivity index is 2.07. The number of amides is 1. The highest BCUT2D eigenvalue weighted by molar-refractivity contribution is 5.90. The van der Waals surface area contributed by atoms with Crippen LogP contribution in [0.2, 0.25) is 0 Å². The van der Waals surface area contributed by atoms with Gasteiger partial charge in [0.05, 0.1) is 19.0 Å². The molecular formula is C14H18N4O2. The molecule has 0 bridgehead atoms. The molecule has 0 unspecified atom stereocenters. The number of hydrogen-bond donors (Lipinski definition) is 2. The number of methoxy groups -OCH3 is 1. The van der Waals surface area contributed by atoms with Crippen LogP contribution in [0, 0.1) is 0 Å². The first kappa shape index (κ1) is 13.9. The molecule has 1 heterocycles. The van der Waals surface area contributed by atoms with E-state index in [4.69, 9.17) is 4.74 Å². The molecule has 2 N–H and O–H groups in total. The van der Waals surface area contributed by atoms with Gasteiger partial charge in [0.2, 0.25) is 5.91 Å². The molecule has 1 aromatic carbocycles. The summed E-state index contributed by atoms with van der Waals surface area (Å²) >= 11 is 0. The molecular weight excluding hydrogens is 256 g/mol. The number of carbonyl (C=O) groups excluding carboxylic acids is 1. The lowest BCUT2D eigenvalue weighted by atomic mass is 10.2. The van der Waals surface area contributed by atoms with Crippen LogP contribution >= 0.6 is 0 Å². The number of ether oxygens (including phenoxy) is 1. The number of rotatable bonds is 5. The Hall–Kier alpha value is -2.50. The number of nitrogens with one attached hydrogen (secondary N) is 2. The minimum absolute atomic E-state index is 0.126. The highest BCUT2D eigenvalue weighted by Gasteiger charge is 2.06. The number of anilines is 2. The van der Waals surface area contributed by atoms with Gasteiger partial charge in [-0.25, -0.2) is 0 Å². The van der Waals surface area contributed by atoms with Crippen molar-refractivity contribution in [2.24, 2.45) is 7.05 Å². The Morgan fingerprint density at radius 2 is 2.25 bits per heavy atom. The van der Waals surface area contributed by atoms with E-state index < -0.39 is 0 Å². The number of aryl methyl sites for hydroxylation is 1. The first-order valence-corrected chi connectivity index (χ1v) is 6.25. The Labute approximate surface area is 117 Å². The summed E-state index contributed by atoms with van der Waals surface area (Å²) in [6, 6.07) is 5.55. The highest BCUT2D eigenvalue weighted by atomic mass is 16.5. The van der Waals surface area contributed by atoms with Gasteiger partial charge in [0.1, 0.15) is 5.75 Å². The largest absolute Gasteiger partial charge is 0.494 e.